The number of amides is 1. The number of rotatable bonds is 5. The number of carboxylic acids is 1. The van der Waals surface area contributed by atoms with Gasteiger partial charge in [0, 0.05) is 0 Å². The van der Waals surface area contributed by atoms with Crippen molar-refractivity contribution >= 4 is 17.6 Å². The molecule has 22 heavy (non-hydrogen) atoms. The van der Waals surface area contributed by atoms with Gasteiger partial charge in [-0.25, -0.2) is 0 Å². The predicted octanol–water partition coefficient (Wildman–Crippen LogP) is -3.53. The minimum atomic E-state index is -1.21. The first-order valence-corrected chi connectivity index (χ1v) is 7.28. The third kappa shape index (κ3) is 4.04. The van der Waals surface area contributed by atoms with Gasteiger partial charge >= 0.3 is 0 Å². The number of aliphatic carboxylic acids is 1. The average Bonchev–Trinajstić information content (AvgIpc) is 2.53. The van der Waals surface area contributed by atoms with Crippen LogP contribution in [-0.4, -0.2) is 44.1 Å². The van der Waals surface area contributed by atoms with Crippen molar-refractivity contribution in [1.29, 1.82) is 5.26 Å². The second kappa shape index (κ2) is 7.54. The van der Waals surface area contributed by atoms with Crippen molar-refractivity contribution in [3.63, 3.8) is 0 Å². The molecule has 0 aliphatic carbocycles. The van der Waals surface area contributed by atoms with Gasteiger partial charge in [-0.1, -0.05) is 12.1 Å². The van der Waals surface area contributed by atoms with E-state index < -0.39 is 17.9 Å². The highest BCUT2D eigenvalue weighted by Gasteiger charge is 2.29. The summed E-state index contributed by atoms with van der Waals surface area (Å²) in [5.74, 6) is -1.63. The molecule has 116 valence electrons. The van der Waals surface area contributed by atoms with Gasteiger partial charge < -0.3 is 25.4 Å². The summed E-state index contributed by atoms with van der Waals surface area (Å²) >= 11 is 0. The van der Waals surface area contributed by atoms with E-state index in [1.165, 1.54) is 0 Å². The Hall–Kier alpha value is -2.43. The molecule has 1 atom stereocenters. The van der Waals surface area contributed by atoms with Crippen LogP contribution < -0.4 is 20.6 Å². The highest BCUT2D eigenvalue weighted by Crippen LogP contribution is 2.13. The third-order valence-corrected chi connectivity index (χ3v) is 3.83. The molecule has 4 N–H and O–H groups in total. The number of nitrogens with zero attached hydrogens (tertiary/aromatic N) is 1. The Morgan fingerprint density at radius 3 is 2.68 bits per heavy atom. The molecule has 0 bridgehead atoms. The second-order valence-corrected chi connectivity index (χ2v) is 5.31. The fourth-order valence-corrected chi connectivity index (χ4v) is 2.66. The molecule has 7 heteroatoms. The van der Waals surface area contributed by atoms with Crippen molar-refractivity contribution in [2.24, 2.45) is 0 Å². The quantitative estimate of drug-likeness (QED) is 0.523. The number of para-hydroxylation sites is 1. The standard InChI is InChI=1S/C15H18N4O3/c16-10-11-3-1-2-4-12(11)18-14(20)9-13(15(21)22)19-7-5-17-6-8-19/h1-4,13,17H,5-9H2,(H,18,20)(H,21,22)/p+1/t13-/m1/s1. The summed E-state index contributed by atoms with van der Waals surface area (Å²) in [4.78, 5) is 24.3. The largest absolute Gasteiger partial charge is 0.544 e. The molecule has 1 amide bonds. The molecular weight excluding hydrogens is 284 g/mol. The first-order valence-electron chi connectivity index (χ1n) is 7.28. The van der Waals surface area contributed by atoms with Crippen LogP contribution in [0.25, 0.3) is 0 Å². The number of quaternary nitrogens is 2. The SMILES string of the molecule is N#Cc1ccccc1NC(=O)C[C@H](C(=O)[O-])[NH+]1CC[NH2+]CC1. The maximum Gasteiger partial charge on any atom is 0.230 e. The molecule has 2 rings (SSSR count). The van der Waals surface area contributed by atoms with Crippen LogP contribution in [0, 0.1) is 11.3 Å². The van der Waals surface area contributed by atoms with E-state index in [1.54, 1.807) is 24.3 Å². The lowest BCUT2D eigenvalue weighted by Crippen LogP contribution is -3.24. The summed E-state index contributed by atoms with van der Waals surface area (Å²) < 4.78 is 0. The Bertz CT molecular complexity index is 591. The van der Waals surface area contributed by atoms with Gasteiger partial charge in [0.15, 0.2) is 0 Å². The van der Waals surface area contributed by atoms with Crippen LogP contribution in [0.2, 0.25) is 0 Å². The normalized spacial score (nSPS) is 16.5. The monoisotopic (exact) mass is 303 g/mol. The summed E-state index contributed by atoms with van der Waals surface area (Å²) in [6, 6.07) is 7.75. The van der Waals surface area contributed by atoms with E-state index in [9.17, 15) is 14.7 Å². The van der Waals surface area contributed by atoms with Crippen molar-refractivity contribution < 1.29 is 24.9 Å². The van der Waals surface area contributed by atoms with Crippen LogP contribution >= 0.6 is 0 Å². The van der Waals surface area contributed by atoms with Gasteiger partial charge in [0.05, 0.1) is 23.6 Å². The smallest absolute Gasteiger partial charge is 0.230 e. The first kappa shape index (κ1) is 15.9. The van der Waals surface area contributed by atoms with E-state index in [0.717, 1.165) is 18.0 Å². The molecule has 1 aliphatic rings. The lowest BCUT2D eigenvalue weighted by atomic mass is 10.1. The van der Waals surface area contributed by atoms with Crippen LogP contribution in [0.15, 0.2) is 24.3 Å². The summed E-state index contributed by atoms with van der Waals surface area (Å²) in [5.41, 5.74) is 0.745. The Morgan fingerprint density at radius 2 is 2.05 bits per heavy atom. The number of hydrogen-bond acceptors (Lipinski definition) is 4. The number of carbonyl (C=O) groups excluding carboxylic acids is 2. The van der Waals surface area contributed by atoms with Crippen LogP contribution in [0.3, 0.4) is 0 Å². The van der Waals surface area contributed by atoms with Crippen molar-refractivity contribution in [3.8, 4) is 6.07 Å². The fourth-order valence-electron chi connectivity index (χ4n) is 2.66. The van der Waals surface area contributed by atoms with Crippen molar-refractivity contribution in [2.45, 2.75) is 12.5 Å². The molecule has 1 aromatic carbocycles. The van der Waals surface area contributed by atoms with Gasteiger partial charge in [-0.3, -0.25) is 4.79 Å². The zero-order chi connectivity index (χ0) is 15.9. The lowest BCUT2D eigenvalue weighted by molar-refractivity contribution is -0.961. The molecule has 1 fully saturated rings. The Morgan fingerprint density at radius 1 is 1.36 bits per heavy atom. The second-order valence-electron chi connectivity index (χ2n) is 5.31. The third-order valence-electron chi connectivity index (χ3n) is 3.83. The molecule has 1 aliphatic heterocycles. The minimum Gasteiger partial charge on any atom is -0.544 e. The van der Waals surface area contributed by atoms with Crippen LogP contribution in [0.1, 0.15) is 12.0 Å². The minimum absolute atomic E-state index is 0.155. The number of nitrogens with one attached hydrogen (secondary N) is 2. The van der Waals surface area contributed by atoms with E-state index in [0.29, 0.717) is 24.3 Å². The molecular formula is C15H19N4O3+. The van der Waals surface area contributed by atoms with Gasteiger partial charge in [-0.15, -0.1) is 0 Å². The van der Waals surface area contributed by atoms with Gasteiger partial charge in [0.1, 0.15) is 38.3 Å². The van der Waals surface area contributed by atoms with E-state index >= 15 is 0 Å². The molecule has 1 aromatic rings. The van der Waals surface area contributed by atoms with E-state index in [4.69, 9.17) is 5.26 Å². The number of anilines is 1. The summed E-state index contributed by atoms with van der Waals surface area (Å²) in [5, 5.41) is 25.1. The number of benzene rings is 1. The van der Waals surface area contributed by atoms with E-state index in [1.807, 2.05) is 6.07 Å². The van der Waals surface area contributed by atoms with E-state index in [-0.39, 0.29) is 6.42 Å². The zero-order valence-corrected chi connectivity index (χ0v) is 12.2. The van der Waals surface area contributed by atoms with Crippen molar-refractivity contribution in [1.82, 2.24) is 0 Å². The first-order chi connectivity index (χ1) is 10.6. The Kier molecular flexibility index (Phi) is 5.47. The van der Waals surface area contributed by atoms with Gasteiger partial charge in [-0.05, 0) is 12.1 Å². The van der Waals surface area contributed by atoms with Crippen LogP contribution in [-0.2, 0) is 9.59 Å². The highest BCUT2D eigenvalue weighted by atomic mass is 16.4. The molecule has 1 heterocycles. The van der Waals surface area contributed by atoms with Crippen molar-refractivity contribution in [2.75, 3.05) is 31.5 Å². The number of carboxylic acid groups (broad SMARTS) is 1. The zero-order valence-electron chi connectivity index (χ0n) is 12.2. The summed E-state index contributed by atoms with van der Waals surface area (Å²) in [6.45, 7) is 3.08. The average molecular weight is 303 g/mol. The number of carbonyl (C=O) groups is 2. The molecule has 0 unspecified atom stereocenters. The number of nitrogens with two attached hydrogens (primary N) is 1. The fraction of sp³-hybridized carbons (Fsp3) is 0.400. The summed E-state index contributed by atoms with van der Waals surface area (Å²) in [6.07, 6.45) is -0.155. The van der Waals surface area contributed by atoms with Crippen LogP contribution in [0.5, 0.6) is 0 Å². The maximum absolute atomic E-state index is 12.1. The topological polar surface area (TPSA) is 114 Å². The van der Waals surface area contributed by atoms with E-state index in [2.05, 4.69) is 10.6 Å². The number of nitriles is 1. The van der Waals surface area contributed by atoms with Gasteiger partial charge in [0.25, 0.3) is 0 Å². The molecule has 0 spiro atoms. The summed E-state index contributed by atoms with van der Waals surface area (Å²) in [7, 11) is 0. The number of piperazine rings is 1. The van der Waals surface area contributed by atoms with Crippen molar-refractivity contribution in [3.05, 3.63) is 29.8 Å². The Labute approximate surface area is 128 Å². The molecule has 0 radical (unpaired) electrons. The van der Waals surface area contributed by atoms with Crippen LogP contribution in [0.4, 0.5) is 5.69 Å². The van der Waals surface area contributed by atoms with Gasteiger partial charge in [-0.2, -0.15) is 5.26 Å². The predicted molar refractivity (Wildman–Crippen MR) is 75.6 cm³/mol. The maximum atomic E-state index is 12.1. The highest BCUT2D eigenvalue weighted by molar-refractivity contribution is 5.94. The molecule has 1 saturated heterocycles. The number of hydrogen-bond donors (Lipinski definition) is 3. The van der Waals surface area contributed by atoms with Gasteiger partial charge in [0.2, 0.25) is 5.91 Å². The molecule has 7 nitrogen and oxygen atoms in total. The molecule has 0 aromatic heterocycles. The molecule has 0 saturated carbocycles. The Balaban J connectivity index is 2.02. The lowest BCUT2D eigenvalue weighted by Gasteiger charge is -2.30.